The first-order valence-corrected chi connectivity index (χ1v) is 5.07. The molecule has 1 atom stereocenters. The Bertz CT molecular complexity index is 303. The summed E-state index contributed by atoms with van der Waals surface area (Å²) in [4.78, 5) is 8.08. The molecule has 0 amide bonds. The first-order chi connectivity index (χ1) is 7.11. The van der Waals surface area contributed by atoms with Gasteiger partial charge < -0.3 is 15.8 Å². The molecule has 84 valence electrons. The van der Waals surface area contributed by atoms with Crippen LogP contribution in [0, 0.1) is 0 Å². The van der Waals surface area contributed by atoms with Crippen LogP contribution in [0.5, 0.6) is 5.88 Å². The van der Waals surface area contributed by atoms with Crippen LogP contribution in [0.2, 0.25) is 0 Å². The van der Waals surface area contributed by atoms with Crippen LogP contribution in [0.4, 0.5) is 5.82 Å². The molecule has 0 aliphatic heterocycles. The Balaban J connectivity index is 2.65. The number of anilines is 1. The number of nitrogens with two attached hydrogens (primary N) is 1. The van der Waals surface area contributed by atoms with E-state index in [2.05, 4.69) is 15.3 Å². The summed E-state index contributed by atoms with van der Waals surface area (Å²) >= 11 is 0. The van der Waals surface area contributed by atoms with E-state index in [1.54, 1.807) is 6.07 Å². The van der Waals surface area contributed by atoms with Gasteiger partial charge in [0, 0.05) is 18.7 Å². The summed E-state index contributed by atoms with van der Waals surface area (Å²) in [5.74, 6) is 1.31. The molecule has 0 aliphatic carbocycles. The molecule has 0 bridgehead atoms. The SMILES string of the molecule is CC(CN)Nc1cc(OC(C)C)ncn1. The van der Waals surface area contributed by atoms with Gasteiger partial charge in [0.05, 0.1) is 6.10 Å². The third-order valence-corrected chi connectivity index (χ3v) is 1.75. The van der Waals surface area contributed by atoms with Crippen LogP contribution in [-0.4, -0.2) is 28.7 Å². The average molecular weight is 210 g/mol. The lowest BCUT2D eigenvalue weighted by Gasteiger charge is -2.13. The number of aromatic nitrogens is 2. The number of nitrogens with zero attached hydrogens (tertiary/aromatic N) is 2. The van der Waals surface area contributed by atoms with E-state index < -0.39 is 0 Å². The van der Waals surface area contributed by atoms with Crippen molar-refractivity contribution in [1.82, 2.24) is 9.97 Å². The summed E-state index contributed by atoms with van der Waals surface area (Å²) < 4.78 is 5.45. The summed E-state index contributed by atoms with van der Waals surface area (Å²) in [6.07, 6.45) is 1.59. The average Bonchev–Trinajstić information content (AvgIpc) is 2.17. The highest BCUT2D eigenvalue weighted by atomic mass is 16.5. The highest BCUT2D eigenvalue weighted by molar-refractivity contribution is 5.38. The Hall–Kier alpha value is -1.36. The number of hydrogen-bond acceptors (Lipinski definition) is 5. The van der Waals surface area contributed by atoms with E-state index in [0.717, 1.165) is 5.82 Å². The minimum absolute atomic E-state index is 0.111. The minimum atomic E-state index is 0.111. The summed E-state index contributed by atoms with van der Waals surface area (Å²) in [6, 6.07) is 1.96. The fourth-order valence-corrected chi connectivity index (χ4v) is 1.04. The van der Waals surface area contributed by atoms with E-state index in [9.17, 15) is 0 Å². The molecule has 1 aromatic rings. The zero-order chi connectivity index (χ0) is 11.3. The molecule has 5 nitrogen and oxygen atoms in total. The molecular weight excluding hydrogens is 192 g/mol. The van der Waals surface area contributed by atoms with Gasteiger partial charge in [-0.2, -0.15) is 0 Å². The van der Waals surface area contributed by atoms with Crippen molar-refractivity contribution in [3.8, 4) is 5.88 Å². The Morgan fingerprint density at radius 3 is 2.73 bits per heavy atom. The van der Waals surface area contributed by atoms with Crippen molar-refractivity contribution in [2.45, 2.75) is 32.9 Å². The smallest absolute Gasteiger partial charge is 0.218 e. The van der Waals surface area contributed by atoms with Crippen LogP contribution in [0.1, 0.15) is 20.8 Å². The van der Waals surface area contributed by atoms with Crippen LogP contribution in [0.15, 0.2) is 12.4 Å². The molecular formula is C10H18N4O. The van der Waals surface area contributed by atoms with E-state index in [1.807, 2.05) is 20.8 Å². The third kappa shape index (κ3) is 4.12. The topological polar surface area (TPSA) is 73.1 Å². The summed E-state index contributed by atoms with van der Waals surface area (Å²) in [6.45, 7) is 6.46. The molecule has 0 radical (unpaired) electrons. The normalized spacial score (nSPS) is 12.6. The Kier molecular flexibility index (Phi) is 4.30. The molecule has 15 heavy (non-hydrogen) atoms. The first kappa shape index (κ1) is 11.7. The molecule has 1 unspecified atom stereocenters. The highest BCUT2D eigenvalue weighted by Crippen LogP contribution is 2.12. The van der Waals surface area contributed by atoms with E-state index in [1.165, 1.54) is 6.33 Å². The van der Waals surface area contributed by atoms with E-state index in [0.29, 0.717) is 12.4 Å². The van der Waals surface area contributed by atoms with Crippen LogP contribution in [-0.2, 0) is 0 Å². The van der Waals surface area contributed by atoms with Crippen molar-refractivity contribution < 1.29 is 4.74 Å². The predicted octanol–water partition coefficient (Wildman–Crippen LogP) is 1.02. The van der Waals surface area contributed by atoms with Gasteiger partial charge in [0.2, 0.25) is 5.88 Å². The van der Waals surface area contributed by atoms with Gasteiger partial charge in [-0.15, -0.1) is 0 Å². The molecule has 0 saturated heterocycles. The fourth-order valence-electron chi connectivity index (χ4n) is 1.04. The Labute approximate surface area is 90.1 Å². The molecule has 0 spiro atoms. The van der Waals surface area contributed by atoms with Crippen LogP contribution in [0.25, 0.3) is 0 Å². The molecule has 0 saturated carbocycles. The Morgan fingerprint density at radius 1 is 1.40 bits per heavy atom. The van der Waals surface area contributed by atoms with Gasteiger partial charge in [-0.1, -0.05) is 0 Å². The molecule has 0 fully saturated rings. The van der Waals surface area contributed by atoms with Crippen molar-refractivity contribution in [3.05, 3.63) is 12.4 Å². The number of rotatable bonds is 5. The maximum absolute atomic E-state index is 5.50. The summed E-state index contributed by atoms with van der Waals surface area (Å²) in [5.41, 5.74) is 5.50. The van der Waals surface area contributed by atoms with Crippen LogP contribution in [0.3, 0.4) is 0 Å². The van der Waals surface area contributed by atoms with Gasteiger partial charge in [0.25, 0.3) is 0 Å². The lowest BCUT2D eigenvalue weighted by molar-refractivity contribution is 0.232. The van der Waals surface area contributed by atoms with E-state index in [-0.39, 0.29) is 12.1 Å². The molecule has 0 aliphatic rings. The van der Waals surface area contributed by atoms with Crippen LogP contribution < -0.4 is 15.8 Å². The molecule has 1 rings (SSSR count). The zero-order valence-corrected chi connectivity index (χ0v) is 9.40. The molecule has 3 N–H and O–H groups in total. The first-order valence-electron chi connectivity index (χ1n) is 5.07. The summed E-state index contributed by atoms with van der Waals surface area (Å²) in [7, 11) is 0. The summed E-state index contributed by atoms with van der Waals surface area (Å²) in [5, 5.41) is 3.15. The van der Waals surface area contributed by atoms with E-state index in [4.69, 9.17) is 10.5 Å². The van der Waals surface area contributed by atoms with Gasteiger partial charge in [-0.05, 0) is 20.8 Å². The van der Waals surface area contributed by atoms with Gasteiger partial charge in [-0.25, -0.2) is 9.97 Å². The molecule has 0 aromatic carbocycles. The second kappa shape index (κ2) is 5.50. The van der Waals surface area contributed by atoms with Crippen molar-refractivity contribution in [1.29, 1.82) is 0 Å². The zero-order valence-electron chi connectivity index (χ0n) is 9.40. The number of nitrogens with one attached hydrogen (secondary N) is 1. The van der Waals surface area contributed by atoms with Crippen molar-refractivity contribution in [3.63, 3.8) is 0 Å². The largest absolute Gasteiger partial charge is 0.475 e. The maximum atomic E-state index is 5.50. The van der Waals surface area contributed by atoms with Gasteiger partial charge in [-0.3, -0.25) is 0 Å². The Morgan fingerprint density at radius 2 is 2.13 bits per heavy atom. The predicted molar refractivity (Wildman–Crippen MR) is 59.9 cm³/mol. The lowest BCUT2D eigenvalue weighted by Crippen LogP contribution is -2.25. The monoisotopic (exact) mass is 210 g/mol. The minimum Gasteiger partial charge on any atom is -0.475 e. The van der Waals surface area contributed by atoms with Crippen molar-refractivity contribution >= 4 is 5.82 Å². The molecule has 1 heterocycles. The van der Waals surface area contributed by atoms with Gasteiger partial charge in [0.1, 0.15) is 12.1 Å². The molecule has 5 heteroatoms. The molecule has 1 aromatic heterocycles. The number of ether oxygens (including phenoxy) is 1. The van der Waals surface area contributed by atoms with E-state index >= 15 is 0 Å². The standard InChI is InChI=1S/C10H18N4O/c1-7(2)15-10-4-9(12-6-13-10)14-8(3)5-11/h4,6-8H,5,11H2,1-3H3,(H,12,13,14). The van der Waals surface area contributed by atoms with Gasteiger partial charge in [0.15, 0.2) is 0 Å². The second-order valence-electron chi connectivity index (χ2n) is 3.69. The highest BCUT2D eigenvalue weighted by Gasteiger charge is 2.04. The third-order valence-electron chi connectivity index (χ3n) is 1.75. The quantitative estimate of drug-likeness (QED) is 0.759. The van der Waals surface area contributed by atoms with Crippen molar-refractivity contribution in [2.24, 2.45) is 5.73 Å². The fraction of sp³-hybridized carbons (Fsp3) is 0.600. The van der Waals surface area contributed by atoms with Crippen LogP contribution >= 0.6 is 0 Å². The second-order valence-corrected chi connectivity index (χ2v) is 3.69. The lowest BCUT2D eigenvalue weighted by atomic mass is 10.3. The number of hydrogen-bond donors (Lipinski definition) is 2. The van der Waals surface area contributed by atoms with Crippen molar-refractivity contribution in [2.75, 3.05) is 11.9 Å². The van der Waals surface area contributed by atoms with Gasteiger partial charge >= 0.3 is 0 Å². The maximum Gasteiger partial charge on any atom is 0.218 e.